The van der Waals surface area contributed by atoms with Crippen LogP contribution in [0, 0.1) is 13.3 Å². The van der Waals surface area contributed by atoms with E-state index in [1.807, 2.05) is 0 Å². The Bertz CT molecular complexity index is 1740. The zero-order chi connectivity index (χ0) is 46.2. The van der Waals surface area contributed by atoms with Gasteiger partial charge in [0.25, 0.3) is 0 Å². The summed E-state index contributed by atoms with van der Waals surface area (Å²) < 4.78 is 29.0. The summed E-state index contributed by atoms with van der Waals surface area (Å²) in [6.45, 7) is 41.1. The second kappa shape index (κ2) is 28.3. The minimum absolute atomic E-state index is 0. The number of anilines is 4. The molecule has 0 bridgehead atoms. The molecule has 2 heterocycles. The Balaban J connectivity index is 0.00000112. The number of para-hydroxylation sites is 4. The van der Waals surface area contributed by atoms with Gasteiger partial charge in [0.2, 0.25) is 0 Å². The molecule has 2 N–H and O–H groups in total. The van der Waals surface area contributed by atoms with Gasteiger partial charge in [0.05, 0.1) is 0 Å². The van der Waals surface area contributed by atoms with E-state index in [9.17, 15) is 12.9 Å². The van der Waals surface area contributed by atoms with Gasteiger partial charge in [-0.3, -0.25) is 12.9 Å². The molecule has 6 rings (SSSR count). The third-order valence-electron chi connectivity index (χ3n) is 11.7. The van der Waals surface area contributed by atoms with Crippen LogP contribution in [0.2, 0.25) is 0 Å². The first-order chi connectivity index (χ1) is 29.2. The maximum atomic E-state index is 9.67. The molecule has 0 radical (unpaired) electrons. The van der Waals surface area contributed by atoms with Crippen LogP contribution >= 0.6 is 0 Å². The molecule has 2 aliphatic heterocycles. The van der Waals surface area contributed by atoms with E-state index in [1.54, 1.807) is 0 Å². The maximum Gasteiger partial charge on any atom is 1.00 e. The topological polar surface area (TPSA) is 44.5 Å². The number of halogens is 4. The fourth-order valence-corrected chi connectivity index (χ4v) is 8.48. The smallest absolute Gasteiger partial charge is 1.00 e. The van der Waals surface area contributed by atoms with Gasteiger partial charge in [-0.25, -0.2) is 0 Å². The summed E-state index contributed by atoms with van der Waals surface area (Å²) in [6.07, 6.45) is 8.87. The second-order valence-electron chi connectivity index (χ2n) is 19.1. The van der Waals surface area contributed by atoms with Gasteiger partial charge in [-0.15, -0.1) is 13.3 Å². The molecule has 0 aliphatic carbocycles. The van der Waals surface area contributed by atoms with Gasteiger partial charge in [-0.2, -0.15) is 0 Å². The van der Waals surface area contributed by atoms with Crippen molar-refractivity contribution in [2.24, 2.45) is 0 Å². The summed E-state index contributed by atoms with van der Waals surface area (Å²) in [4.78, 5) is 9.30. The van der Waals surface area contributed by atoms with Crippen molar-refractivity contribution in [2.75, 3.05) is 19.6 Å². The summed E-state index contributed by atoms with van der Waals surface area (Å²) in [5.41, 5.74) is 16.6. The molecule has 66 heavy (non-hydrogen) atoms. The predicted molar refractivity (Wildman–Crippen MR) is 268 cm³/mol. The molecule has 0 saturated carbocycles. The van der Waals surface area contributed by atoms with Gasteiger partial charge in [0.1, 0.15) is 0 Å². The van der Waals surface area contributed by atoms with Gasteiger partial charge < -0.3 is 29.8 Å². The minimum Gasteiger partial charge on any atom is -1.00 e. The average Bonchev–Trinajstić information content (AvgIpc) is 3.90. The zero-order valence-corrected chi connectivity index (χ0v) is 46.3. The predicted octanol–water partition coefficient (Wildman–Crippen LogP) is 13.2. The molecular weight excluding hydrogens is 1200 g/mol. The van der Waals surface area contributed by atoms with Crippen molar-refractivity contribution in [3.8, 4) is 0 Å². The van der Waals surface area contributed by atoms with Gasteiger partial charge in [0, 0.05) is 22.7 Å². The number of benzene rings is 4. The Kier molecular flexibility index (Phi) is 26.9. The van der Waals surface area contributed by atoms with Crippen molar-refractivity contribution in [3.63, 3.8) is 0 Å². The Morgan fingerprint density at radius 3 is 0.561 bits per heavy atom. The summed E-state index contributed by atoms with van der Waals surface area (Å²) in [5.74, 6) is 3.84. The van der Waals surface area contributed by atoms with Crippen LogP contribution in [0.3, 0.4) is 0 Å². The van der Waals surface area contributed by atoms with E-state index in [-0.39, 0.29) is 54.9 Å². The van der Waals surface area contributed by atoms with Crippen molar-refractivity contribution < 1.29 is 67.9 Å². The molecule has 0 atom stereocenters. The Morgan fingerprint density at radius 1 is 0.333 bits per heavy atom. The Morgan fingerprint density at radius 2 is 0.455 bits per heavy atom. The minimum atomic E-state index is -3.67. The average molecular weight is 1280 g/mol. The van der Waals surface area contributed by atoms with Crippen molar-refractivity contribution in [3.05, 3.63) is 155 Å². The third kappa shape index (κ3) is 15.4. The van der Waals surface area contributed by atoms with Crippen molar-refractivity contribution in [1.82, 2.24) is 0 Å². The van der Waals surface area contributed by atoms with Gasteiger partial charge in [-0.05, 0) is 117 Å². The summed E-state index contributed by atoms with van der Waals surface area (Å²) >= 11 is 0. The van der Waals surface area contributed by atoms with Gasteiger partial charge >= 0.3 is 52.3 Å². The van der Waals surface area contributed by atoms with Crippen LogP contribution < -0.4 is 24.3 Å². The number of hydrogen-bond donors (Lipinski definition) is 0. The monoisotopic (exact) mass is 1280 g/mol. The summed E-state index contributed by atoms with van der Waals surface area (Å²) in [7, 11) is -3.67. The molecule has 4 aromatic rings. The fraction of sp³-hybridized carbons (Fsp3) is 0.444. The first kappa shape index (κ1) is 62.8. The summed E-state index contributed by atoms with van der Waals surface area (Å²) in [6, 6.07) is 27.0. The van der Waals surface area contributed by atoms with E-state index in [2.05, 4.69) is 241 Å². The van der Waals surface area contributed by atoms with E-state index in [0.29, 0.717) is 47.3 Å². The van der Waals surface area contributed by atoms with Crippen molar-refractivity contribution in [1.29, 1.82) is 0 Å². The largest absolute Gasteiger partial charge is 1.00 e. The van der Waals surface area contributed by atoms with E-state index in [1.165, 1.54) is 67.3 Å². The molecule has 4 aromatic carbocycles. The summed E-state index contributed by atoms with van der Waals surface area (Å²) in [5, 5.41) is 0. The molecule has 0 unspecified atom stereocenters. The van der Waals surface area contributed by atoms with Crippen LogP contribution in [0.1, 0.15) is 203 Å². The normalized spacial score (nSPS) is 13.0. The van der Waals surface area contributed by atoms with Crippen LogP contribution in [-0.4, -0.2) is 13.0 Å². The third-order valence-corrected chi connectivity index (χ3v) is 11.7. The molecule has 0 spiro atoms. The molecule has 5 nitrogen and oxygen atoms in total. The molecule has 2 aliphatic rings. The number of hydrogen-bond acceptors (Lipinski definition) is 4. The molecule has 12 heteroatoms. The van der Waals surface area contributed by atoms with Gasteiger partial charge in [0.15, 0.2) is 0 Å². The first-order valence-electron chi connectivity index (χ1n) is 22.8. The zero-order valence-electron chi connectivity index (χ0n) is 42.0. The molecule has 0 fully saturated rings. The van der Waals surface area contributed by atoms with Crippen molar-refractivity contribution in [2.45, 2.75) is 158 Å². The Labute approximate surface area is 428 Å². The molecular formula is C54H76Au2BF4N4O-. The second-order valence-corrected chi connectivity index (χ2v) is 19.1. The van der Waals surface area contributed by atoms with Crippen LogP contribution in [0.4, 0.5) is 35.7 Å². The standard InChI is InChI=1S/2C27H37N2.2Au.BF3.FH.H2O/c2*1-18(2)22-11-9-12-23(19(3)4)26(22)28-15-16-29(17-28)27-24(20(5)6)13-10-14-25(27)21(7)8;;;2-1(3)4;;/h2*9-21H,1-8H3;;;;1H;1H2/q2*-1;2*+1;;;/p-1. The van der Waals surface area contributed by atoms with Crippen LogP contribution in [0.15, 0.2) is 97.6 Å². The number of rotatable bonds is 12. The first-order valence-corrected chi connectivity index (χ1v) is 22.8. The van der Waals surface area contributed by atoms with Gasteiger partial charge in [-0.1, -0.05) is 184 Å². The quantitative estimate of drug-likeness (QED) is 0.0806. The molecule has 372 valence electrons. The van der Waals surface area contributed by atoms with E-state index >= 15 is 0 Å². The SMILES string of the molecule is CC(C)c1cccc(C(C)C)c1N1C=CN(c2c(C(C)C)cccc2C(C)C)[CH-]1.CC(C)c1cccc(C(C)C)c1N1C=CN(c2c(C(C)C)cccc2C(C)C)[CH-]1.FB(F)F.O.[Au+].[Au+].[F-]. The van der Waals surface area contributed by atoms with E-state index < -0.39 is 7.54 Å². The van der Waals surface area contributed by atoms with Crippen LogP contribution in [0.25, 0.3) is 0 Å². The Hall–Kier alpha value is -3.21. The molecule has 0 aromatic heterocycles. The van der Waals surface area contributed by atoms with E-state index in [4.69, 9.17) is 0 Å². The maximum absolute atomic E-state index is 9.67. The fourth-order valence-electron chi connectivity index (χ4n) is 8.48. The van der Waals surface area contributed by atoms with E-state index in [0.717, 1.165) is 0 Å². The van der Waals surface area contributed by atoms with Crippen LogP contribution in [-0.2, 0) is 44.8 Å². The van der Waals surface area contributed by atoms with Crippen molar-refractivity contribution >= 4 is 30.3 Å². The molecule has 0 amide bonds. The number of nitrogens with zero attached hydrogens (tertiary/aromatic N) is 4. The molecule has 0 saturated heterocycles. The van der Waals surface area contributed by atoms with Crippen LogP contribution in [0.5, 0.6) is 0 Å².